The molecule has 0 atom stereocenters. The minimum absolute atomic E-state index is 0. The number of aromatic amines is 1. The van der Waals surface area contributed by atoms with E-state index in [1.807, 2.05) is 30.3 Å². The first-order chi connectivity index (χ1) is 11.7. The predicted molar refractivity (Wildman–Crippen MR) is 101 cm³/mol. The molecule has 0 saturated carbocycles. The SMILES string of the molecule is Cl.O=C(NCCN1CCNCC1)c1ccc(-c2ccccc2)[nH]c1=O. The first-order valence-electron chi connectivity index (χ1n) is 8.24. The van der Waals surface area contributed by atoms with Crippen molar-refractivity contribution in [3.8, 4) is 11.3 Å². The Labute approximate surface area is 153 Å². The molecule has 1 aliphatic rings. The van der Waals surface area contributed by atoms with Crippen LogP contribution in [-0.2, 0) is 0 Å². The summed E-state index contributed by atoms with van der Waals surface area (Å²) in [6, 6.07) is 12.9. The molecule has 6 nitrogen and oxygen atoms in total. The van der Waals surface area contributed by atoms with E-state index in [4.69, 9.17) is 0 Å². The van der Waals surface area contributed by atoms with Crippen LogP contribution in [0.3, 0.4) is 0 Å². The molecule has 0 radical (unpaired) electrons. The van der Waals surface area contributed by atoms with Crippen LogP contribution in [0.1, 0.15) is 10.4 Å². The van der Waals surface area contributed by atoms with E-state index in [1.165, 1.54) is 0 Å². The summed E-state index contributed by atoms with van der Waals surface area (Å²) in [5.41, 5.74) is 1.41. The number of amides is 1. The van der Waals surface area contributed by atoms with Crippen LogP contribution in [0.15, 0.2) is 47.3 Å². The van der Waals surface area contributed by atoms with Gasteiger partial charge in [-0.2, -0.15) is 0 Å². The molecule has 0 unspecified atom stereocenters. The van der Waals surface area contributed by atoms with E-state index in [9.17, 15) is 9.59 Å². The zero-order valence-electron chi connectivity index (χ0n) is 14.0. The molecule has 0 spiro atoms. The van der Waals surface area contributed by atoms with E-state index in [1.54, 1.807) is 12.1 Å². The Morgan fingerprint density at radius 2 is 1.80 bits per heavy atom. The number of halogens is 1. The molecule has 1 amide bonds. The molecule has 134 valence electrons. The second-order valence-electron chi connectivity index (χ2n) is 5.83. The molecular formula is C18H23ClN4O2. The summed E-state index contributed by atoms with van der Waals surface area (Å²) in [6.45, 7) is 5.28. The van der Waals surface area contributed by atoms with Gasteiger partial charge in [-0.3, -0.25) is 14.5 Å². The van der Waals surface area contributed by atoms with Crippen molar-refractivity contribution in [2.45, 2.75) is 0 Å². The van der Waals surface area contributed by atoms with Crippen molar-refractivity contribution in [2.24, 2.45) is 0 Å². The van der Waals surface area contributed by atoms with Crippen LogP contribution in [0, 0.1) is 0 Å². The van der Waals surface area contributed by atoms with Crippen LogP contribution < -0.4 is 16.2 Å². The highest BCUT2D eigenvalue weighted by Crippen LogP contribution is 2.14. The molecule has 0 aliphatic carbocycles. The lowest BCUT2D eigenvalue weighted by Gasteiger charge is -2.27. The van der Waals surface area contributed by atoms with Crippen molar-refractivity contribution in [3.05, 3.63) is 58.4 Å². The van der Waals surface area contributed by atoms with Gasteiger partial charge in [0, 0.05) is 45.0 Å². The van der Waals surface area contributed by atoms with Crippen molar-refractivity contribution < 1.29 is 4.79 Å². The lowest BCUT2D eigenvalue weighted by atomic mass is 10.1. The Hall–Kier alpha value is -2.15. The number of pyridine rings is 1. The second kappa shape index (κ2) is 9.36. The highest BCUT2D eigenvalue weighted by molar-refractivity contribution is 5.94. The minimum Gasteiger partial charge on any atom is -0.351 e. The van der Waals surface area contributed by atoms with E-state index in [0.717, 1.165) is 38.3 Å². The molecule has 2 heterocycles. The number of aromatic nitrogens is 1. The van der Waals surface area contributed by atoms with Crippen LogP contribution in [0.2, 0.25) is 0 Å². The molecular weight excluding hydrogens is 340 g/mol. The molecule has 2 aromatic rings. The van der Waals surface area contributed by atoms with Gasteiger partial charge in [0.15, 0.2) is 0 Å². The van der Waals surface area contributed by atoms with Gasteiger partial charge in [0.2, 0.25) is 0 Å². The van der Waals surface area contributed by atoms with Gasteiger partial charge in [0.25, 0.3) is 11.5 Å². The summed E-state index contributed by atoms with van der Waals surface area (Å²) in [4.78, 5) is 29.4. The van der Waals surface area contributed by atoms with Crippen LogP contribution in [0.25, 0.3) is 11.3 Å². The molecule has 1 aliphatic heterocycles. The van der Waals surface area contributed by atoms with Gasteiger partial charge in [-0.25, -0.2) is 0 Å². The van der Waals surface area contributed by atoms with Crippen LogP contribution in [-0.4, -0.2) is 55.1 Å². The van der Waals surface area contributed by atoms with Gasteiger partial charge in [0.1, 0.15) is 5.56 Å². The van der Waals surface area contributed by atoms with Gasteiger partial charge in [0.05, 0.1) is 0 Å². The van der Waals surface area contributed by atoms with Crippen molar-refractivity contribution in [3.63, 3.8) is 0 Å². The first-order valence-corrected chi connectivity index (χ1v) is 8.24. The Balaban J connectivity index is 0.00000225. The fourth-order valence-corrected chi connectivity index (χ4v) is 2.80. The fraction of sp³-hybridized carbons (Fsp3) is 0.333. The standard InChI is InChI=1S/C18H22N4O2.ClH/c23-17(20-10-13-22-11-8-19-9-12-22)15-6-7-16(21-18(15)24)14-4-2-1-3-5-14;/h1-7,19H,8-13H2,(H,20,23)(H,21,24);1H. The fourth-order valence-electron chi connectivity index (χ4n) is 2.80. The lowest BCUT2D eigenvalue weighted by molar-refractivity contribution is 0.0946. The molecule has 1 aromatic carbocycles. The number of H-pyrrole nitrogens is 1. The predicted octanol–water partition coefficient (Wildman–Crippen LogP) is 1.10. The topological polar surface area (TPSA) is 77.2 Å². The smallest absolute Gasteiger partial charge is 0.261 e. The van der Waals surface area contributed by atoms with E-state index < -0.39 is 0 Å². The summed E-state index contributed by atoms with van der Waals surface area (Å²) in [6.07, 6.45) is 0. The zero-order valence-corrected chi connectivity index (χ0v) is 14.8. The Kier molecular flexibility index (Phi) is 7.18. The maximum atomic E-state index is 12.2. The number of benzene rings is 1. The Morgan fingerprint density at radius 1 is 1.08 bits per heavy atom. The number of carbonyl (C=O) groups is 1. The van der Waals surface area contributed by atoms with Gasteiger partial charge in [-0.15, -0.1) is 12.4 Å². The maximum absolute atomic E-state index is 12.2. The van der Waals surface area contributed by atoms with E-state index >= 15 is 0 Å². The molecule has 3 N–H and O–H groups in total. The third-order valence-electron chi connectivity index (χ3n) is 4.16. The third-order valence-corrected chi connectivity index (χ3v) is 4.16. The number of carbonyl (C=O) groups excluding carboxylic acids is 1. The van der Waals surface area contributed by atoms with Gasteiger partial charge in [-0.1, -0.05) is 30.3 Å². The lowest BCUT2D eigenvalue weighted by Crippen LogP contribution is -2.46. The Bertz CT molecular complexity index is 742. The van der Waals surface area contributed by atoms with Gasteiger partial charge < -0.3 is 15.6 Å². The Morgan fingerprint density at radius 3 is 2.48 bits per heavy atom. The molecule has 1 aromatic heterocycles. The van der Waals surface area contributed by atoms with Crippen LogP contribution >= 0.6 is 12.4 Å². The molecule has 1 fully saturated rings. The summed E-state index contributed by atoms with van der Waals surface area (Å²) in [5.74, 6) is -0.328. The number of piperazine rings is 1. The van der Waals surface area contributed by atoms with E-state index in [-0.39, 0.29) is 29.4 Å². The monoisotopic (exact) mass is 362 g/mol. The van der Waals surface area contributed by atoms with Crippen molar-refractivity contribution in [1.82, 2.24) is 20.5 Å². The van der Waals surface area contributed by atoms with Crippen LogP contribution in [0.4, 0.5) is 0 Å². The van der Waals surface area contributed by atoms with Gasteiger partial charge in [-0.05, 0) is 17.7 Å². The van der Waals surface area contributed by atoms with E-state index in [2.05, 4.69) is 20.5 Å². The number of rotatable bonds is 5. The largest absolute Gasteiger partial charge is 0.351 e. The number of hydrogen-bond acceptors (Lipinski definition) is 4. The highest BCUT2D eigenvalue weighted by Gasteiger charge is 2.13. The zero-order chi connectivity index (χ0) is 16.8. The molecule has 3 rings (SSSR count). The van der Waals surface area contributed by atoms with Crippen molar-refractivity contribution in [1.29, 1.82) is 0 Å². The van der Waals surface area contributed by atoms with Crippen molar-refractivity contribution >= 4 is 18.3 Å². The minimum atomic E-state index is -0.365. The second-order valence-corrected chi connectivity index (χ2v) is 5.83. The third kappa shape index (κ3) is 5.16. The molecule has 25 heavy (non-hydrogen) atoms. The maximum Gasteiger partial charge on any atom is 0.261 e. The number of nitrogens with one attached hydrogen (secondary N) is 3. The average Bonchev–Trinajstić information content (AvgIpc) is 2.63. The number of hydrogen-bond donors (Lipinski definition) is 3. The van der Waals surface area contributed by atoms with E-state index in [0.29, 0.717) is 12.2 Å². The number of nitrogens with zero attached hydrogens (tertiary/aromatic N) is 1. The molecule has 7 heteroatoms. The normalized spacial score (nSPS) is 14.6. The summed E-state index contributed by atoms with van der Waals surface area (Å²) in [7, 11) is 0. The van der Waals surface area contributed by atoms with Crippen molar-refractivity contribution in [2.75, 3.05) is 39.3 Å². The summed E-state index contributed by atoms with van der Waals surface area (Å²) in [5, 5.41) is 6.12. The average molecular weight is 363 g/mol. The molecule has 0 bridgehead atoms. The van der Waals surface area contributed by atoms with Crippen LogP contribution in [0.5, 0.6) is 0 Å². The first kappa shape index (κ1) is 19.2. The summed E-state index contributed by atoms with van der Waals surface area (Å²) < 4.78 is 0. The highest BCUT2D eigenvalue weighted by atomic mass is 35.5. The quantitative estimate of drug-likeness (QED) is 0.744. The summed E-state index contributed by atoms with van der Waals surface area (Å²) >= 11 is 0. The molecule has 1 saturated heterocycles. The van der Waals surface area contributed by atoms with Gasteiger partial charge >= 0.3 is 0 Å².